The number of hydrogen-bond acceptors (Lipinski definition) is 6. The van der Waals surface area contributed by atoms with Gasteiger partial charge in [0.05, 0.1) is 30.5 Å². The molecule has 3 N–H and O–H groups in total. The second-order valence-electron chi connectivity index (χ2n) is 7.14. The summed E-state index contributed by atoms with van der Waals surface area (Å²) in [7, 11) is 0. The summed E-state index contributed by atoms with van der Waals surface area (Å²) >= 11 is 0. The monoisotopic (exact) mass is 384 g/mol. The van der Waals surface area contributed by atoms with E-state index in [0.717, 1.165) is 25.2 Å². The molecule has 0 saturated heterocycles. The summed E-state index contributed by atoms with van der Waals surface area (Å²) in [5.74, 6) is -0.879. The summed E-state index contributed by atoms with van der Waals surface area (Å²) < 4.78 is 27.9. The van der Waals surface area contributed by atoms with Gasteiger partial charge in [0, 0.05) is 23.2 Å². The third kappa shape index (κ3) is 3.51. The zero-order valence-electron chi connectivity index (χ0n) is 14.9. The van der Waals surface area contributed by atoms with Gasteiger partial charge in [-0.1, -0.05) is 0 Å². The van der Waals surface area contributed by atoms with Crippen molar-refractivity contribution in [2.24, 2.45) is 0 Å². The molecule has 0 spiro atoms. The minimum Gasteiger partial charge on any atom is -0.389 e. The molecule has 1 aliphatic rings. The molecule has 28 heavy (non-hydrogen) atoms. The first-order valence-electron chi connectivity index (χ1n) is 8.99. The van der Waals surface area contributed by atoms with Crippen LogP contribution in [0.4, 0.5) is 14.6 Å². The Labute approximate surface area is 159 Å². The van der Waals surface area contributed by atoms with Gasteiger partial charge in [0.15, 0.2) is 17.5 Å². The summed E-state index contributed by atoms with van der Waals surface area (Å²) in [4.78, 5) is 15.2. The Morgan fingerprint density at radius 3 is 3.04 bits per heavy atom. The van der Waals surface area contributed by atoms with Crippen LogP contribution in [0.1, 0.15) is 32.1 Å². The number of nitrogens with zero attached hydrogens (tertiary/aromatic N) is 4. The van der Waals surface area contributed by atoms with E-state index in [2.05, 4.69) is 25.3 Å². The molecule has 7 nitrogen and oxygen atoms in total. The maximum Gasteiger partial charge on any atom is 0.183 e. The van der Waals surface area contributed by atoms with E-state index in [1.165, 1.54) is 6.07 Å². The second kappa shape index (κ2) is 7.13. The molecule has 0 radical (unpaired) electrons. The molecule has 0 aromatic carbocycles. The molecule has 1 fully saturated rings. The van der Waals surface area contributed by atoms with E-state index in [0.29, 0.717) is 29.4 Å². The zero-order valence-corrected chi connectivity index (χ0v) is 14.9. The lowest BCUT2D eigenvalue weighted by atomic mass is 9.80. The first-order chi connectivity index (χ1) is 13.5. The molecule has 2 unspecified atom stereocenters. The second-order valence-corrected chi connectivity index (χ2v) is 7.14. The van der Waals surface area contributed by atoms with E-state index >= 15 is 0 Å². The van der Waals surface area contributed by atoms with Crippen molar-refractivity contribution in [2.75, 3.05) is 5.32 Å². The average molecular weight is 384 g/mol. The number of rotatable bonds is 4. The smallest absolute Gasteiger partial charge is 0.183 e. The molecule has 4 rings (SSSR count). The van der Waals surface area contributed by atoms with Crippen molar-refractivity contribution in [3.8, 4) is 17.5 Å². The van der Waals surface area contributed by atoms with Crippen molar-refractivity contribution in [3.05, 3.63) is 36.3 Å². The van der Waals surface area contributed by atoms with Gasteiger partial charge in [0.1, 0.15) is 11.5 Å². The van der Waals surface area contributed by atoms with Crippen LogP contribution in [0.3, 0.4) is 0 Å². The van der Waals surface area contributed by atoms with Crippen LogP contribution in [-0.2, 0) is 0 Å². The molecular formula is C19H18F2N6O. The van der Waals surface area contributed by atoms with Gasteiger partial charge in [-0.3, -0.25) is 0 Å². The fourth-order valence-electron chi connectivity index (χ4n) is 3.73. The summed E-state index contributed by atoms with van der Waals surface area (Å²) in [6.45, 7) is 0. The Balaban J connectivity index is 1.62. The lowest BCUT2D eigenvalue weighted by molar-refractivity contribution is 0.00444. The number of H-pyrrole nitrogens is 1. The van der Waals surface area contributed by atoms with E-state index < -0.39 is 17.2 Å². The molecule has 3 heterocycles. The van der Waals surface area contributed by atoms with Gasteiger partial charge < -0.3 is 15.4 Å². The predicted molar refractivity (Wildman–Crippen MR) is 98.1 cm³/mol. The molecule has 0 amide bonds. The van der Waals surface area contributed by atoms with Crippen LogP contribution in [0.25, 0.3) is 22.4 Å². The summed E-state index contributed by atoms with van der Waals surface area (Å²) in [6, 6.07) is 3.11. The third-order valence-corrected chi connectivity index (χ3v) is 5.05. The van der Waals surface area contributed by atoms with Gasteiger partial charge in [-0.15, -0.1) is 0 Å². The number of aromatic amines is 1. The Morgan fingerprint density at radius 1 is 1.36 bits per heavy atom. The fraction of sp³-hybridized carbons (Fsp3) is 0.368. The average Bonchev–Trinajstić information content (AvgIpc) is 3.06. The van der Waals surface area contributed by atoms with Gasteiger partial charge in [-0.25, -0.2) is 23.7 Å². The number of nitriles is 1. The number of pyridine rings is 1. The summed E-state index contributed by atoms with van der Waals surface area (Å²) in [5, 5.41) is 22.9. The SMILES string of the molecule is N#CCC1(O)CCCC(Nc2nc(-c3c[nH]c4ncc(F)cc34)ncc2F)C1. The van der Waals surface area contributed by atoms with Crippen molar-refractivity contribution in [3.63, 3.8) is 0 Å². The number of aromatic nitrogens is 4. The standard InChI is InChI=1S/C19H18F2N6O/c20-11-6-13-14(9-24-16(13)23-8-11)17-25-10-15(21)18(27-17)26-12-2-1-3-19(28,7-12)4-5-22/h6,8-10,12,28H,1-4,7H2,(H,23,24)(H,25,26,27). The van der Waals surface area contributed by atoms with Crippen molar-refractivity contribution in [1.82, 2.24) is 19.9 Å². The number of hydrogen-bond donors (Lipinski definition) is 3. The molecule has 9 heteroatoms. The van der Waals surface area contributed by atoms with Crippen LogP contribution in [-0.4, -0.2) is 36.7 Å². The summed E-state index contributed by atoms with van der Waals surface area (Å²) in [6.07, 6.45) is 6.13. The van der Waals surface area contributed by atoms with E-state index in [1.807, 2.05) is 6.07 Å². The van der Waals surface area contributed by atoms with Crippen LogP contribution in [0.2, 0.25) is 0 Å². The van der Waals surface area contributed by atoms with Crippen LogP contribution in [0.15, 0.2) is 24.7 Å². The quantitative estimate of drug-likeness (QED) is 0.637. The first-order valence-corrected chi connectivity index (χ1v) is 8.99. The molecule has 0 bridgehead atoms. The molecule has 0 aliphatic heterocycles. The van der Waals surface area contributed by atoms with E-state index in [4.69, 9.17) is 5.26 Å². The topological polar surface area (TPSA) is 111 Å². The molecule has 1 aliphatic carbocycles. The van der Waals surface area contributed by atoms with Gasteiger partial charge in [-0.05, 0) is 31.7 Å². The number of halogens is 2. The highest BCUT2D eigenvalue weighted by molar-refractivity contribution is 5.91. The van der Waals surface area contributed by atoms with Crippen LogP contribution < -0.4 is 5.32 Å². The lowest BCUT2D eigenvalue weighted by Crippen LogP contribution is -2.40. The third-order valence-electron chi connectivity index (χ3n) is 5.05. The zero-order chi connectivity index (χ0) is 19.7. The van der Waals surface area contributed by atoms with Crippen molar-refractivity contribution in [2.45, 2.75) is 43.7 Å². The van der Waals surface area contributed by atoms with Gasteiger partial charge in [-0.2, -0.15) is 5.26 Å². The maximum atomic E-state index is 14.3. The highest BCUT2D eigenvalue weighted by Gasteiger charge is 2.34. The Bertz CT molecular complexity index is 1060. The Kier molecular flexibility index (Phi) is 4.65. The van der Waals surface area contributed by atoms with Crippen LogP contribution >= 0.6 is 0 Å². The van der Waals surface area contributed by atoms with Gasteiger partial charge >= 0.3 is 0 Å². The molecule has 3 aromatic heterocycles. The van der Waals surface area contributed by atoms with E-state index in [-0.39, 0.29) is 24.1 Å². The van der Waals surface area contributed by atoms with Crippen molar-refractivity contribution in [1.29, 1.82) is 5.26 Å². The van der Waals surface area contributed by atoms with Crippen molar-refractivity contribution < 1.29 is 13.9 Å². The largest absolute Gasteiger partial charge is 0.389 e. The highest BCUT2D eigenvalue weighted by atomic mass is 19.1. The predicted octanol–water partition coefficient (Wildman–Crippen LogP) is 3.30. The highest BCUT2D eigenvalue weighted by Crippen LogP contribution is 2.33. The molecule has 1 saturated carbocycles. The normalized spacial score (nSPS) is 22.1. The summed E-state index contributed by atoms with van der Waals surface area (Å²) in [5.41, 5.74) is -0.0841. The number of anilines is 1. The van der Waals surface area contributed by atoms with E-state index in [9.17, 15) is 13.9 Å². The fourth-order valence-corrected chi connectivity index (χ4v) is 3.73. The van der Waals surface area contributed by atoms with Crippen LogP contribution in [0, 0.1) is 23.0 Å². The molecular weight excluding hydrogens is 366 g/mol. The van der Waals surface area contributed by atoms with Gasteiger partial charge in [0.2, 0.25) is 0 Å². The molecule has 2 atom stereocenters. The Hall–Kier alpha value is -3.12. The number of aliphatic hydroxyl groups is 1. The minimum absolute atomic E-state index is 0.00919. The van der Waals surface area contributed by atoms with Crippen molar-refractivity contribution >= 4 is 16.9 Å². The van der Waals surface area contributed by atoms with E-state index in [1.54, 1.807) is 6.20 Å². The van der Waals surface area contributed by atoms with Gasteiger partial charge in [0.25, 0.3) is 0 Å². The maximum absolute atomic E-state index is 14.3. The lowest BCUT2D eigenvalue weighted by Gasteiger charge is -2.35. The minimum atomic E-state index is -1.07. The number of fused-ring (bicyclic) bond motifs is 1. The Morgan fingerprint density at radius 2 is 2.21 bits per heavy atom. The molecule has 3 aromatic rings. The molecule has 144 valence electrons. The first kappa shape index (κ1) is 18.3. The van der Waals surface area contributed by atoms with Crippen LogP contribution in [0.5, 0.6) is 0 Å². The number of nitrogens with one attached hydrogen (secondary N) is 2.